The number of fused-ring (bicyclic) bond motifs is 3. The molecule has 0 aromatic heterocycles. The van der Waals surface area contributed by atoms with E-state index in [-0.39, 0.29) is 11.2 Å². The molecule has 7 aliphatic rings. The molecule has 4 aliphatic carbocycles. The van der Waals surface area contributed by atoms with Gasteiger partial charge in [-0.15, -0.1) is 0 Å². The molecule has 7 fully saturated rings. The minimum absolute atomic E-state index is 0.00576. The van der Waals surface area contributed by atoms with Crippen molar-refractivity contribution in [1.29, 1.82) is 0 Å². The maximum Gasteiger partial charge on any atom is 0.355 e. The maximum absolute atomic E-state index is 12.7. The van der Waals surface area contributed by atoms with Crippen LogP contribution in [0.15, 0.2) is 12.2 Å². The van der Waals surface area contributed by atoms with Gasteiger partial charge >= 0.3 is 17.2 Å². The molecule has 7 atom stereocenters. The first-order valence-electron chi connectivity index (χ1n) is 10.5. The lowest BCUT2D eigenvalue weighted by Gasteiger charge is -2.61. The van der Waals surface area contributed by atoms with Gasteiger partial charge in [-0.2, -0.15) is 0 Å². The zero-order valence-corrected chi connectivity index (χ0v) is 17.5. The summed E-state index contributed by atoms with van der Waals surface area (Å²) in [7, 11) is 0. The lowest BCUT2D eigenvalue weighted by atomic mass is 9.52. The number of thiocarbonyl (C=S) groups is 1. The van der Waals surface area contributed by atoms with E-state index in [4.69, 9.17) is 40.6 Å². The van der Waals surface area contributed by atoms with E-state index >= 15 is 0 Å². The molecule has 0 radical (unpaired) electrons. The Morgan fingerprint density at radius 2 is 1.77 bits per heavy atom. The number of ether oxygens (including phenoxy) is 6. The van der Waals surface area contributed by atoms with Crippen LogP contribution >= 0.6 is 12.2 Å². The van der Waals surface area contributed by atoms with Crippen LogP contribution in [-0.4, -0.2) is 59.1 Å². The minimum Gasteiger partial charge on any atom is -0.456 e. The van der Waals surface area contributed by atoms with Crippen molar-refractivity contribution in [2.45, 2.75) is 87.4 Å². The van der Waals surface area contributed by atoms with Crippen LogP contribution in [0.5, 0.6) is 0 Å². The van der Waals surface area contributed by atoms with Crippen molar-refractivity contribution in [3.63, 3.8) is 0 Å². The summed E-state index contributed by atoms with van der Waals surface area (Å²) in [5.74, 6) is 0.00821. The molecule has 3 saturated heterocycles. The number of hydrogen-bond donors (Lipinski definition) is 0. The predicted molar refractivity (Wildman–Crippen MR) is 103 cm³/mol. The van der Waals surface area contributed by atoms with Crippen LogP contribution in [0.25, 0.3) is 0 Å². The number of hydrogen-bond acceptors (Lipinski definition) is 9. The molecule has 0 spiro atoms. The number of rotatable bonds is 4. The van der Waals surface area contributed by atoms with E-state index in [1.54, 1.807) is 6.92 Å². The number of carbonyl (C=O) groups is 2. The summed E-state index contributed by atoms with van der Waals surface area (Å²) in [4.78, 5) is 25.0. The van der Waals surface area contributed by atoms with Crippen LogP contribution in [0.4, 0.5) is 0 Å². The first-order chi connectivity index (χ1) is 14.2. The Hall–Kier alpha value is -1.71. The van der Waals surface area contributed by atoms with Gasteiger partial charge in [0.05, 0.1) is 5.60 Å². The summed E-state index contributed by atoms with van der Waals surface area (Å²) < 4.78 is 34.8. The topological polar surface area (TPSA) is 89.5 Å². The fourth-order valence-corrected chi connectivity index (χ4v) is 7.04. The third-order valence-corrected chi connectivity index (χ3v) is 7.62. The molecular weight excluding hydrogens is 412 g/mol. The van der Waals surface area contributed by atoms with Crippen molar-refractivity contribution in [2.24, 2.45) is 11.8 Å². The second-order valence-electron chi connectivity index (χ2n) is 9.86. The van der Waals surface area contributed by atoms with E-state index < -0.39 is 47.9 Å². The summed E-state index contributed by atoms with van der Waals surface area (Å²) in [6.45, 7) is 5.38. The summed E-state index contributed by atoms with van der Waals surface area (Å²) in [6.07, 6.45) is 1.78. The average Bonchev–Trinajstić information content (AvgIpc) is 3.24. The molecule has 30 heavy (non-hydrogen) atoms. The van der Waals surface area contributed by atoms with Crippen LogP contribution in [-0.2, 0) is 38.0 Å². The standard InChI is InChI=1S/C21H24O8S/c1-9(2)16(22)29-21-6-10-3-11(7-21)5-20(4-10,8-21)28-14-12-13(24-17(14)23)15-18(25-12)27-19(30)26-15/h10-15,18H,1,3-8H2,2H3. The Balaban J connectivity index is 1.24. The van der Waals surface area contributed by atoms with Gasteiger partial charge in [0.1, 0.15) is 11.7 Å². The Bertz CT molecular complexity index is 840. The first kappa shape index (κ1) is 19.0. The molecule has 0 amide bonds. The lowest BCUT2D eigenvalue weighted by molar-refractivity contribution is -0.252. The number of esters is 2. The normalized spacial score (nSPS) is 49.8. The highest BCUT2D eigenvalue weighted by Crippen LogP contribution is 2.61. The summed E-state index contributed by atoms with van der Waals surface area (Å²) >= 11 is 4.92. The highest BCUT2D eigenvalue weighted by molar-refractivity contribution is 7.79. The molecule has 0 N–H and O–H groups in total. The molecule has 4 saturated carbocycles. The molecule has 7 unspecified atom stereocenters. The molecule has 0 aromatic carbocycles. The van der Waals surface area contributed by atoms with Gasteiger partial charge in [-0.3, -0.25) is 0 Å². The van der Waals surface area contributed by atoms with Gasteiger partial charge in [0.15, 0.2) is 12.2 Å². The van der Waals surface area contributed by atoms with Gasteiger partial charge < -0.3 is 28.4 Å². The monoisotopic (exact) mass is 436 g/mol. The SMILES string of the molecule is C=C(C)C(=O)OC12CC3CC(C1)CC(OC1C(=O)OC4C5OC(=S)OC5OC14)(C3)C2. The molecule has 7 rings (SSSR count). The fourth-order valence-electron chi connectivity index (χ4n) is 6.84. The Morgan fingerprint density at radius 3 is 2.47 bits per heavy atom. The van der Waals surface area contributed by atoms with Crippen molar-refractivity contribution in [3.8, 4) is 0 Å². The fraction of sp³-hybridized carbons (Fsp3) is 0.762. The van der Waals surface area contributed by atoms with E-state index in [1.807, 2.05) is 0 Å². The molecule has 4 bridgehead atoms. The van der Waals surface area contributed by atoms with Crippen molar-refractivity contribution >= 4 is 29.4 Å². The van der Waals surface area contributed by atoms with Crippen molar-refractivity contribution in [2.75, 3.05) is 0 Å². The van der Waals surface area contributed by atoms with Gasteiger partial charge in [-0.05, 0) is 50.9 Å². The van der Waals surface area contributed by atoms with Crippen molar-refractivity contribution in [1.82, 2.24) is 0 Å². The van der Waals surface area contributed by atoms with E-state index in [0.717, 1.165) is 32.1 Å². The summed E-state index contributed by atoms with van der Waals surface area (Å²) in [5.41, 5.74) is -0.685. The first-order valence-corrected chi connectivity index (χ1v) is 11.0. The molecule has 9 heteroatoms. The van der Waals surface area contributed by atoms with E-state index in [9.17, 15) is 9.59 Å². The Kier molecular flexibility index (Phi) is 3.91. The van der Waals surface area contributed by atoms with Crippen LogP contribution in [0.2, 0.25) is 0 Å². The lowest BCUT2D eigenvalue weighted by Crippen LogP contribution is -2.62. The maximum atomic E-state index is 12.7. The summed E-state index contributed by atoms with van der Waals surface area (Å²) in [6, 6.07) is 0. The Morgan fingerprint density at radius 1 is 1.07 bits per heavy atom. The second-order valence-corrected chi connectivity index (χ2v) is 10.2. The van der Waals surface area contributed by atoms with Gasteiger partial charge in [-0.1, -0.05) is 6.58 Å². The molecule has 8 nitrogen and oxygen atoms in total. The minimum atomic E-state index is -0.855. The molecule has 162 valence electrons. The van der Waals surface area contributed by atoms with Gasteiger partial charge in [0.2, 0.25) is 12.4 Å². The number of carbonyl (C=O) groups excluding carboxylic acids is 2. The average molecular weight is 436 g/mol. The smallest absolute Gasteiger partial charge is 0.355 e. The quantitative estimate of drug-likeness (QED) is 0.373. The van der Waals surface area contributed by atoms with E-state index in [2.05, 4.69) is 6.58 Å². The highest BCUT2D eigenvalue weighted by Gasteiger charge is 2.66. The van der Waals surface area contributed by atoms with Crippen LogP contribution in [0, 0.1) is 11.8 Å². The molecular formula is C21H24O8S. The molecule has 3 aliphatic heterocycles. The van der Waals surface area contributed by atoms with Gasteiger partial charge in [0, 0.05) is 24.2 Å². The van der Waals surface area contributed by atoms with Crippen molar-refractivity contribution in [3.05, 3.63) is 12.2 Å². The summed E-state index contributed by atoms with van der Waals surface area (Å²) in [5, 5.41) is 0.00576. The highest BCUT2D eigenvalue weighted by atomic mass is 32.1. The van der Waals surface area contributed by atoms with Crippen LogP contribution in [0.1, 0.15) is 45.4 Å². The third kappa shape index (κ3) is 2.74. The van der Waals surface area contributed by atoms with Gasteiger partial charge in [-0.25, -0.2) is 9.59 Å². The van der Waals surface area contributed by atoms with E-state index in [0.29, 0.717) is 23.8 Å². The van der Waals surface area contributed by atoms with Crippen molar-refractivity contribution < 1.29 is 38.0 Å². The van der Waals surface area contributed by atoms with Crippen LogP contribution in [0.3, 0.4) is 0 Å². The van der Waals surface area contributed by atoms with Gasteiger partial charge in [0.25, 0.3) is 0 Å². The predicted octanol–water partition coefficient (Wildman–Crippen LogP) is 1.93. The zero-order chi connectivity index (χ0) is 20.8. The largest absolute Gasteiger partial charge is 0.456 e. The molecule has 0 aromatic rings. The molecule has 3 heterocycles. The second kappa shape index (κ2) is 6.17. The van der Waals surface area contributed by atoms with E-state index in [1.165, 1.54) is 0 Å². The van der Waals surface area contributed by atoms with Crippen LogP contribution < -0.4 is 0 Å². The zero-order valence-electron chi connectivity index (χ0n) is 16.7. The Labute approximate surface area is 179 Å². The third-order valence-electron chi connectivity index (χ3n) is 7.42.